The maximum atomic E-state index is 11.9. The maximum Gasteiger partial charge on any atom is 0.237 e. The minimum absolute atomic E-state index is 0.172. The highest BCUT2D eigenvalue weighted by molar-refractivity contribution is 5.84. The molecule has 1 aliphatic heterocycles. The SMILES string of the molecule is CCCC1CCCCN1C1CCCC(NC)(C(N)=O)C1. The highest BCUT2D eigenvalue weighted by Crippen LogP contribution is 2.34. The number of hydrogen-bond acceptors (Lipinski definition) is 3. The second kappa shape index (κ2) is 6.90. The largest absolute Gasteiger partial charge is 0.368 e. The van der Waals surface area contributed by atoms with Crippen molar-refractivity contribution in [3.05, 3.63) is 0 Å². The fraction of sp³-hybridized carbons (Fsp3) is 0.938. The van der Waals surface area contributed by atoms with E-state index in [9.17, 15) is 4.79 Å². The van der Waals surface area contributed by atoms with E-state index in [1.807, 2.05) is 7.05 Å². The standard InChI is InChI=1S/C16H31N3O/c1-3-7-13-8-4-5-11-19(13)14-9-6-10-16(12-14,18-2)15(17)20/h13-14,18H,3-12H2,1-2H3,(H2,17,20). The van der Waals surface area contributed by atoms with Crippen molar-refractivity contribution in [2.75, 3.05) is 13.6 Å². The summed E-state index contributed by atoms with van der Waals surface area (Å²) in [6.07, 6.45) is 10.6. The summed E-state index contributed by atoms with van der Waals surface area (Å²) in [7, 11) is 1.88. The number of piperidine rings is 1. The van der Waals surface area contributed by atoms with Crippen LogP contribution in [0.15, 0.2) is 0 Å². The third-order valence-electron chi connectivity index (χ3n) is 5.44. The van der Waals surface area contributed by atoms with Gasteiger partial charge in [-0.25, -0.2) is 0 Å². The van der Waals surface area contributed by atoms with Crippen LogP contribution in [-0.4, -0.2) is 42.0 Å². The van der Waals surface area contributed by atoms with Gasteiger partial charge in [0.15, 0.2) is 0 Å². The highest BCUT2D eigenvalue weighted by Gasteiger charge is 2.43. The van der Waals surface area contributed by atoms with Crippen molar-refractivity contribution in [3.63, 3.8) is 0 Å². The lowest BCUT2D eigenvalue weighted by Gasteiger charge is -2.47. The number of nitrogens with one attached hydrogen (secondary N) is 1. The van der Waals surface area contributed by atoms with E-state index < -0.39 is 5.54 Å². The number of likely N-dealkylation sites (tertiary alicyclic amines) is 1. The molecular formula is C16H31N3O. The first-order chi connectivity index (χ1) is 9.63. The Kier molecular flexibility index (Phi) is 5.44. The van der Waals surface area contributed by atoms with Gasteiger partial charge >= 0.3 is 0 Å². The molecule has 116 valence electrons. The summed E-state index contributed by atoms with van der Waals surface area (Å²) < 4.78 is 0. The van der Waals surface area contributed by atoms with Gasteiger partial charge in [0.2, 0.25) is 5.91 Å². The number of rotatable bonds is 5. The number of nitrogens with zero attached hydrogens (tertiary/aromatic N) is 1. The Bertz CT molecular complexity index is 332. The van der Waals surface area contributed by atoms with Crippen molar-refractivity contribution in [1.29, 1.82) is 0 Å². The molecule has 1 saturated carbocycles. The van der Waals surface area contributed by atoms with Crippen molar-refractivity contribution in [2.45, 2.75) is 82.3 Å². The van der Waals surface area contributed by atoms with Gasteiger partial charge < -0.3 is 11.1 Å². The summed E-state index contributed by atoms with van der Waals surface area (Å²) >= 11 is 0. The van der Waals surface area contributed by atoms with Gasteiger partial charge in [0.1, 0.15) is 0 Å². The first kappa shape index (κ1) is 15.8. The topological polar surface area (TPSA) is 58.4 Å². The Balaban J connectivity index is 2.08. The molecule has 0 radical (unpaired) electrons. The number of hydrogen-bond donors (Lipinski definition) is 2. The van der Waals surface area contributed by atoms with Gasteiger partial charge in [0.05, 0.1) is 5.54 Å². The summed E-state index contributed by atoms with van der Waals surface area (Å²) in [5.74, 6) is -0.172. The first-order valence-corrected chi connectivity index (χ1v) is 8.37. The molecule has 20 heavy (non-hydrogen) atoms. The van der Waals surface area contributed by atoms with Crippen LogP contribution in [0.4, 0.5) is 0 Å². The molecule has 4 nitrogen and oxygen atoms in total. The zero-order valence-electron chi connectivity index (χ0n) is 13.2. The average Bonchev–Trinajstić information content (AvgIpc) is 2.48. The summed E-state index contributed by atoms with van der Waals surface area (Å²) in [6, 6.07) is 1.25. The first-order valence-electron chi connectivity index (χ1n) is 8.37. The maximum absolute atomic E-state index is 11.9. The molecule has 1 aliphatic carbocycles. The van der Waals surface area contributed by atoms with E-state index in [2.05, 4.69) is 17.1 Å². The van der Waals surface area contributed by atoms with Crippen molar-refractivity contribution in [1.82, 2.24) is 10.2 Å². The minimum atomic E-state index is -0.475. The third kappa shape index (κ3) is 3.17. The molecule has 2 aliphatic rings. The van der Waals surface area contributed by atoms with Crippen molar-refractivity contribution in [2.24, 2.45) is 5.73 Å². The number of carbonyl (C=O) groups excluding carboxylic acids is 1. The van der Waals surface area contributed by atoms with Gasteiger partial charge in [0, 0.05) is 12.1 Å². The van der Waals surface area contributed by atoms with E-state index in [1.165, 1.54) is 45.1 Å². The molecule has 0 aromatic rings. The van der Waals surface area contributed by atoms with Gasteiger partial charge in [-0.1, -0.05) is 19.8 Å². The number of carbonyl (C=O) groups is 1. The zero-order chi connectivity index (χ0) is 14.6. The summed E-state index contributed by atoms with van der Waals surface area (Å²) in [6.45, 7) is 3.48. The normalized spacial score (nSPS) is 35.9. The number of amides is 1. The van der Waals surface area contributed by atoms with E-state index >= 15 is 0 Å². The molecule has 3 N–H and O–H groups in total. The lowest BCUT2D eigenvalue weighted by Crippen LogP contribution is -2.61. The molecule has 3 unspecified atom stereocenters. The van der Waals surface area contributed by atoms with Gasteiger partial charge in [-0.3, -0.25) is 9.69 Å². The molecule has 2 fully saturated rings. The second-order valence-corrected chi connectivity index (χ2v) is 6.62. The predicted octanol–water partition coefficient (Wildman–Crippen LogP) is 2.03. The summed E-state index contributed by atoms with van der Waals surface area (Å²) in [5, 5.41) is 3.23. The van der Waals surface area contributed by atoms with Crippen LogP contribution in [0.2, 0.25) is 0 Å². The molecule has 1 amide bonds. The average molecular weight is 281 g/mol. The Labute approximate surface area is 123 Å². The van der Waals surface area contributed by atoms with Gasteiger partial charge in [-0.2, -0.15) is 0 Å². The molecule has 1 heterocycles. The van der Waals surface area contributed by atoms with Gasteiger partial charge in [0.25, 0.3) is 0 Å². The van der Waals surface area contributed by atoms with Crippen LogP contribution in [0.1, 0.15) is 64.7 Å². The van der Waals surface area contributed by atoms with E-state index in [4.69, 9.17) is 5.73 Å². The van der Waals surface area contributed by atoms with E-state index in [-0.39, 0.29) is 5.91 Å². The molecule has 3 atom stereocenters. The van der Waals surface area contributed by atoms with Crippen LogP contribution in [0.25, 0.3) is 0 Å². The quantitative estimate of drug-likeness (QED) is 0.810. The second-order valence-electron chi connectivity index (χ2n) is 6.62. The van der Waals surface area contributed by atoms with Crippen LogP contribution < -0.4 is 11.1 Å². The molecule has 0 spiro atoms. The Morgan fingerprint density at radius 1 is 1.35 bits per heavy atom. The van der Waals surface area contributed by atoms with E-state index in [0.29, 0.717) is 6.04 Å². The smallest absolute Gasteiger partial charge is 0.237 e. The number of nitrogens with two attached hydrogens (primary N) is 1. The van der Waals surface area contributed by atoms with Gasteiger partial charge in [-0.05, 0) is 58.5 Å². The van der Waals surface area contributed by atoms with Crippen molar-refractivity contribution in [3.8, 4) is 0 Å². The lowest BCUT2D eigenvalue weighted by atomic mass is 9.77. The van der Waals surface area contributed by atoms with E-state index in [1.54, 1.807) is 0 Å². The van der Waals surface area contributed by atoms with Crippen LogP contribution in [0.5, 0.6) is 0 Å². The predicted molar refractivity (Wildman–Crippen MR) is 82.5 cm³/mol. The van der Waals surface area contributed by atoms with Gasteiger partial charge in [-0.15, -0.1) is 0 Å². The fourth-order valence-corrected chi connectivity index (χ4v) is 4.25. The molecule has 0 aromatic heterocycles. The Morgan fingerprint density at radius 2 is 2.15 bits per heavy atom. The minimum Gasteiger partial charge on any atom is -0.368 e. The molecule has 4 heteroatoms. The van der Waals surface area contributed by atoms with Crippen LogP contribution in [0.3, 0.4) is 0 Å². The van der Waals surface area contributed by atoms with Crippen LogP contribution in [0, 0.1) is 0 Å². The Morgan fingerprint density at radius 3 is 2.80 bits per heavy atom. The third-order valence-corrected chi connectivity index (χ3v) is 5.44. The number of primary amides is 1. The van der Waals surface area contributed by atoms with Crippen LogP contribution >= 0.6 is 0 Å². The van der Waals surface area contributed by atoms with Crippen molar-refractivity contribution >= 4 is 5.91 Å². The lowest BCUT2D eigenvalue weighted by molar-refractivity contribution is -0.126. The molecular weight excluding hydrogens is 250 g/mol. The fourth-order valence-electron chi connectivity index (χ4n) is 4.25. The molecule has 0 bridgehead atoms. The molecule has 1 saturated heterocycles. The molecule has 2 rings (SSSR count). The highest BCUT2D eigenvalue weighted by atomic mass is 16.1. The van der Waals surface area contributed by atoms with Crippen molar-refractivity contribution < 1.29 is 4.79 Å². The summed E-state index contributed by atoms with van der Waals surface area (Å²) in [4.78, 5) is 14.6. The monoisotopic (exact) mass is 281 g/mol. The van der Waals surface area contributed by atoms with E-state index in [0.717, 1.165) is 25.3 Å². The zero-order valence-corrected chi connectivity index (χ0v) is 13.2. The number of likely N-dealkylation sites (N-methyl/N-ethyl adjacent to an activating group) is 1. The molecule has 0 aromatic carbocycles. The van der Waals surface area contributed by atoms with Crippen LogP contribution in [-0.2, 0) is 4.79 Å². The summed E-state index contributed by atoms with van der Waals surface area (Å²) in [5.41, 5.74) is 5.20. The Hall–Kier alpha value is -0.610.